The minimum atomic E-state index is -3.65. The number of amides is 1. The van der Waals surface area contributed by atoms with E-state index >= 15 is 0 Å². The Balaban J connectivity index is 1.65. The van der Waals surface area contributed by atoms with E-state index in [0.717, 1.165) is 18.5 Å². The van der Waals surface area contributed by atoms with Gasteiger partial charge in [0.05, 0.1) is 4.90 Å². The molecule has 6 nitrogen and oxygen atoms in total. The zero-order valence-electron chi connectivity index (χ0n) is 18.6. The van der Waals surface area contributed by atoms with Gasteiger partial charge < -0.3 is 10.2 Å². The van der Waals surface area contributed by atoms with Crippen molar-refractivity contribution in [2.24, 2.45) is 5.92 Å². The standard InChI is InChI=1S/C24H33N3O3S/c1-19(2)12-13-20(3)25-24(28)21-8-7-11-23(18-21)31(29,30)27-16-14-26(15-17-27)22-9-5-4-6-10-22/h4-11,18-20H,12-17H2,1-3H3,(H,25,28). The summed E-state index contributed by atoms with van der Waals surface area (Å²) in [5.41, 5.74) is 1.48. The first-order chi connectivity index (χ1) is 14.8. The van der Waals surface area contributed by atoms with Crippen molar-refractivity contribution in [2.45, 2.75) is 44.6 Å². The maximum Gasteiger partial charge on any atom is 0.251 e. The Labute approximate surface area is 186 Å². The Morgan fingerprint density at radius 3 is 2.26 bits per heavy atom. The Kier molecular flexibility index (Phi) is 7.73. The van der Waals surface area contributed by atoms with Crippen molar-refractivity contribution < 1.29 is 13.2 Å². The molecule has 0 aromatic heterocycles. The fraction of sp³-hybridized carbons (Fsp3) is 0.458. The second-order valence-corrected chi connectivity index (χ2v) is 10.5. The van der Waals surface area contributed by atoms with Crippen molar-refractivity contribution >= 4 is 21.6 Å². The molecule has 1 N–H and O–H groups in total. The molecule has 2 aromatic carbocycles. The predicted molar refractivity (Wildman–Crippen MR) is 125 cm³/mol. The molecule has 1 aliphatic heterocycles. The molecular weight excluding hydrogens is 410 g/mol. The van der Waals surface area contributed by atoms with Gasteiger partial charge in [-0.15, -0.1) is 0 Å². The third kappa shape index (κ3) is 6.08. The van der Waals surface area contributed by atoms with Crippen molar-refractivity contribution in [3.63, 3.8) is 0 Å². The Hall–Kier alpha value is -2.38. The Morgan fingerprint density at radius 2 is 1.61 bits per heavy atom. The van der Waals surface area contributed by atoms with Crippen LogP contribution >= 0.6 is 0 Å². The number of para-hydroxylation sites is 1. The lowest BCUT2D eigenvalue weighted by atomic mass is 10.0. The SMILES string of the molecule is CC(C)CCC(C)NC(=O)c1cccc(S(=O)(=O)N2CCN(c3ccccc3)CC2)c1. The second-order valence-electron chi connectivity index (χ2n) is 8.60. The zero-order chi connectivity index (χ0) is 22.4. The number of sulfonamides is 1. The zero-order valence-corrected chi connectivity index (χ0v) is 19.4. The summed E-state index contributed by atoms with van der Waals surface area (Å²) in [4.78, 5) is 15.0. The number of nitrogens with one attached hydrogen (secondary N) is 1. The molecule has 0 bridgehead atoms. The lowest BCUT2D eigenvalue weighted by molar-refractivity contribution is 0.0937. The number of hydrogen-bond acceptors (Lipinski definition) is 4. The van der Waals surface area contributed by atoms with Crippen LogP contribution in [-0.2, 0) is 10.0 Å². The molecule has 0 radical (unpaired) electrons. The summed E-state index contributed by atoms with van der Waals surface area (Å²) >= 11 is 0. The van der Waals surface area contributed by atoms with E-state index in [9.17, 15) is 13.2 Å². The van der Waals surface area contributed by atoms with Crippen molar-refractivity contribution in [3.05, 3.63) is 60.2 Å². The van der Waals surface area contributed by atoms with Crippen LogP contribution in [0.25, 0.3) is 0 Å². The minimum Gasteiger partial charge on any atom is -0.369 e. The van der Waals surface area contributed by atoms with Gasteiger partial charge in [-0.25, -0.2) is 8.42 Å². The molecule has 0 saturated carbocycles. The van der Waals surface area contributed by atoms with Gasteiger partial charge in [0.1, 0.15) is 0 Å². The number of rotatable bonds is 8. The van der Waals surface area contributed by atoms with E-state index in [1.165, 1.54) is 10.4 Å². The molecule has 1 saturated heterocycles. The molecular formula is C24H33N3O3S. The molecule has 7 heteroatoms. The van der Waals surface area contributed by atoms with Gasteiger partial charge >= 0.3 is 0 Å². The highest BCUT2D eigenvalue weighted by atomic mass is 32.2. The quantitative estimate of drug-likeness (QED) is 0.675. The van der Waals surface area contributed by atoms with Crippen LogP contribution in [0.1, 0.15) is 44.0 Å². The third-order valence-corrected chi connectivity index (χ3v) is 7.54. The number of carbonyl (C=O) groups excluding carboxylic acids is 1. The summed E-state index contributed by atoms with van der Waals surface area (Å²) in [7, 11) is -3.65. The number of piperazine rings is 1. The summed E-state index contributed by atoms with van der Waals surface area (Å²) in [6.45, 7) is 8.39. The van der Waals surface area contributed by atoms with Crippen LogP contribution in [0.2, 0.25) is 0 Å². The molecule has 0 aliphatic carbocycles. The predicted octanol–water partition coefficient (Wildman–Crippen LogP) is 3.75. The summed E-state index contributed by atoms with van der Waals surface area (Å²) in [5.74, 6) is 0.345. The topological polar surface area (TPSA) is 69.7 Å². The summed E-state index contributed by atoms with van der Waals surface area (Å²) in [6.07, 6.45) is 1.93. The average Bonchev–Trinajstić information content (AvgIpc) is 2.78. The van der Waals surface area contributed by atoms with Gasteiger partial charge in [-0.05, 0) is 56.0 Å². The van der Waals surface area contributed by atoms with Crippen LogP contribution in [0.3, 0.4) is 0 Å². The third-order valence-electron chi connectivity index (χ3n) is 5.65. The van der Waals surface area contributed by atoms with Gasteiger partial charge in [0.25, 0.3) is 5.91 Å². The van der Waals surface area contributed by atoms with Crippen LogP contribution in [-0.4, -0.2) is 50.9 Å². The minimum absolute atomic E-state index is 0.0428. The molecule has 1 aliphatic rings. The summed E-state index contributed by atoms with van der Waals surface area (Å²) < 4.78 is 27.9. The molecule has 1 atom stereocenters. The van der Waals surface area contributed by atoms with Gasteiger partial charge in [0.15, 0.2) is 0 Å². The van der Waals surface area contributed by atoms with Crippen molar-refractivity contribution in [2.75, 3.05) is 31.1 Å². The van der Waals surface area contributed by atoms with Gasteiger partial charge in [-0.1, -0.05) is 38.1 Å². The molecule has 2 aromatic rings. The second kappa shape index (κ2) is 10.3. The lowest BCUT2D eigenvalue weighted by Crippen LogP contribution is -2.48. The van der Waals surface area contributed by atoms with Crippen LogP contribution in [0.15, 0.2) is 59.5 Å². The molecule has 1 unspecified atom stereocenters. The smallest absolute Gasteiger partial charge is 0.251 e. The fourth-order valence-electron chi connectivity index (χ4n) is 3.73. The first-order valence-electron chi connectivity index (χ1n) is 11.0. The molecule has 1 heterocycles. The normalized spacial score (nSPS) is 16.3. The Morgan fingerprint density at radius 1 is 0.935 bits per heavy atom. The first-order valence-corrected chi connectivity index (χ1v) is 12.4. The molecule has 0 spiro atoms. The first kappa shape index (κ1) is 23.3. The van der Waals surface area contributed by atoms with Crippen LogP contribution in [0, 0.1) is 5.92 Å². The van der Waals surface area contributed by atoms with E-state index < -0.39 is 10.0 Å². The van der Waals surface area contributed by atoms with Crippen LogP contribution in [0.4, 0.5) is 5.69 Å². The van der Waals surface area contributed by atoms with Crippen molar-refractivity contribution in [1.82, 2.24) is 9.62 Å². The maximum atomic E-state index is 13.2. The summed E-state index contributed by atoms with van der Waals surface area (Å²) in [6, 6.07) is 16.4. The van der Waals surface area contributed by atoms with Crippen LogP contribution in [0.5, 0.6) is 0 Å². The molecule has 3 rings (SSSR count). The van der Waals surface area contributed by atoms with E-state index in [1.807, 2.05) is 37.3 Å². The molecule has 168 valence electrons. The van der Waals surface area contributed by atoms with E-state index in [0.29, 0.717) is 37.7 Å². The highest BCUT2D eigenvalue weighted by Gasteiger charge is 2.29. The monoisotopic (exact) mass is 443 g/mol. The van der Waals surface area contributed by atoms with E-state index in [2.05, 4.69) is 24.1 Å². The molecule has 1 fully saturated rings. The summed E-state index contributed by atoms with van der Waals surface area (Å²) in [5, 5.41) is 2.98. The number of nitrogens with zero attached hydrogens (tertiary/aromatic N) is 2. The van der Waals surface area contributed by atoms with Crippen molar-refractivity contribution in [1.29, 1.82) is 0 Å². The highest BCUT2D eigenvalue weighted by molar-refractivity contribution is 7.89. The van der Waals surface area contributed by atoms with Crippen LogP contribution < -0.4 is 10.2 Å². The lowest BCUT2D eigenvalue weighted by Gasteiger charge is -2.35. The van der Waals surface area contributed by atoms with E-state index in [1.54, 1.807) is 18.2 Å². The fourth-order valence-corrected chi connectivity index (χ4v) is 5.20. The largest absolute Gasteiger partial charge is 0.369 e. The van der Waals surface area contributed by atoms with Crippen molar-refractivity contribution in [3.8, 4) is 0 Å². The maximum absolute atomic E-state index is 13.2. The Bertz CT molecular complexity index is 969. The number of benzene rings is 2. The average molecular weight is 444 g/mol. The number of carbonyl (C=O) groups is 1. The number of anilines is 1. The van der Waals surface area contributed by atoms with E-state index in [-0.39, 0.29) is 16.8 Å². The molecule has 1 amide bonds. The number of hydrogen-bond donors (Lipinski definition) is 1. The molecule has 31 heavy (non-hydrogen) atoms. The highest BCUT2D eigenvalue weighted by Crippen LogP contribution is 2.22. The van der Waals surface area contributed by atoms with E-state index in [4.69, 9.17) is 0 Å². The van der Waals surface area contributed by atoms with Gasteiger partial charge in [0.2, 0.25) is 10.0 Å². The van der Waals surface area contributed by atoms with Gasteiger partial charge in [-0.3, -0.25) is 4.79 Å². The van der Waals surface area contributed by atoms with Gasteiger partial charge in [-0.2, -0.15) is 4.31 Å². The van der Waals surface area contributed by atoms with Gasteiger partial charge in [0, 0.05) is 43.5 Å².